The van der Waals surface area contributed by atoms with Gasteiger partial charge in [-0.3, -0.25) is 0 Å². The van der Waals surface area contributed by atoms with Gasteiger partial charge in [-0.15, -0.1) is 10.2 Å². The number of benzene rings is 2. The minimum absolute atomic E-state index is 0.0223. The van der Waals surface area contributed by atoms with Gasteiger partial charge in [-0.2, -0.15) is 0 Å². The molecular formula is C25H31N3O4. The van der Waals surface area contributed by atoms with Crippen LogP contribution in [-0.4, -0.2) is 39.7 Å². The molecule has 170 valence electrons. The van der Waals surface area contributed by atoms with E-state index in [-0.39, 0.29) is 17.4 Å². The molecule has 7 nitrogen and oxygen atoms in total. The molecule has 1 N–H and O–H groups in total. The average molecular weight is 438 g/mol. The zero-order valence-corrected chi connectivity index (χ0v) is 18.9. The SMILES string of the molecule is CCCCCC(CC)OC(=O)c1ccccc1O.COc1cnnnc1-c1ccccc1. The molecular weight excluding hydrogens is 406 g/mol. The number of hydrogen-bond acceptors (Lipinski definition) is 7. The number of carbonyl (C=O) groups is 1. The number of aromatic nitrogens is 3. The Morgan fingerprint density at radius 3 is 2.41 bits per heavy atom. The topological polar surface area (TPSA) is 94.4 Å². The van der Waals surface area contributed by atoms with Crippen molar-refractivity contribution in [2.45, 2.75) is 52.1 Å². The molecule has 32 heavy (non-hydrogen) atoms. The van der Waals surface area contributed by atoms with Crippen LogP contribution < -0.4 is 4.74 Å². The second-order valence-corrected chi connectivity index (χ2v) is 7.17. The van der Waals surface area contributed by atoms with E-state index in [0.717, 1.165) is 37.7 Å². The van der Waals surface area contributed by atoms with Crippen molar-refractivity contribution in [3.8, 4) is 22.8 Å². The van der Waals surface area contributed by atoms with Gasteiger partial charge in [0.1, 0.15) is 23.1 Å². The summed E-state index contributed by atoms with van der Waals surface area (Å²) in [6.07, 6.45) is 6.59. The van der Waals surface area contributed by atoms with Gasteiger partial charge in [0.15, 0.2) is 5.75 Å². The van der Waals surface area contributed by atoms with Crippen LogP contribution in [0, 0.1) is 0 Å². The minimum Gasteiger partial charge on any atom is -0.507 e. The number of unbranched alkanes of at least 4 members (excludes halogenated alkanes) is 2. The van der Waals surface area contributed by atoms with Crippen molar-refractivity contribution in [1.82, 2.24) is 15.4 Å². The van der Waals surface area contributed by atoms with Gasteiger partial charge < -0.3 is 14.6 Å². The normalized spacial score (nSPS) is 11.1. The molecule has 0 aliphatic carbocycles. The predicted molar refractivity (Wildman–Crippen MR) is 124 cm³/mol. The molecule has 0 saturated heterocycles. The van der Waals surface area contributed by atoms with E-state index in [9.17, 15) is 9.90 Å². The monoisotopic (exact) mass is 437 g/mol. The molecule has 0 spiro atoms. The van der Waals surface area contributed by atoms with Gasteiger partial charge in [0, 0.05) is 5.56 Å². The molecule has 0 aliphatic heterocycles. The van der Waals surface area contributed by atoms with Gasteiger partial charge in [0.2, 0.25) is 0 Å². The van der Waals surface area contributed by atoms with Gasteiger partial charge in [-0.05, 0) is 36.6 Å². The Morgan fingerprint density at radius 2 is 1.75 bits per heavy atom. The van der Waals surface area contributed by atoms with E-state index in [1.165, 1.54) is 6.07 Å². The van der Waals surface area contributed by atoms with Crippen molar-refractivity contribution >= 4 is 5.97 Å². The lowest BCUT2D eigenvalue weighted by Gasteiger charge is -2.16. The highest BCUT2D eigenvalue weighted by Gasteiger charge is 2.16. The first-order chi connectivity index (χ1) is 15.6. The van der Waals surface area contributed by atoms with Gasteiger partial charge in [-0.25, -0.2) is 4.79 Å². The van der Waals surface area contributed by atoms with E-state index < -0.39 is 5.97 Å². The molecule has 0 fully saturated rings. The molecule has 0 bridgehead atoms. The molecule has 2 aromatic carbocycles. The van der Waals surface area contributed by atoms with Crippen LogP contribution in [0.5, 0.6) is 11.5 Å². The largest absolute Gasteiger partial charge is 0.507 e. The van der Waals surface area contributed by atoms with Crippen LogP contribution in [0.25, 0.3) is 11.3 Å². The van der Waals surface area contributed by atoms with E-state index in [1.807, 2.05) is 37.3 Å². The van der Waals surface area contributed by atoms with Crippen LogP contribution in [0.4, 0.5) is 0 Å². The summed E-state index contributed by atoms with van der Waals surface area (Å²) in [6, 6.07) is 16.2. The number of nitrogens with zero attached hydrogens (tertiary/aromatic N) is 3. The summed E-state index contributed by atoms with van der Waals surface area (Å²) >= 11 is 0. The number of phenolic OH excluding ortho intramolecular Hbond substituents is 1. The zero-order valence-electron chi connectivity index (χ0n) is 18.9. The average Bonchev–Trinajstić information content (AvgIpc) is 2.84. The zero-order chi connectivity index (χ0) is 23.2. The molecule has 1 atom stereocenters. The maximum atomic E-state index is 11.9. The third kappa shape index (κ3) is 7.65. The maximum Gasteiger partial charge on any atom is 0.342 e. The number of esters is 1. The fourth-order valence-electron chi connectivity index (χ4n) is 3.03. The smallest absolute Gasteiger partial charge is 0.342 e. The van der Waals surface area contributed by atoms with E-state index in [2.05, 4.69) is 22.3 Å². The van der Waals surface area contributed by atoms with Crippen molar-refractivity contribution in [1.29, 1.82) is 0 Å². The second-order valence-electron chi connectivity index (χ2n) is 7.17. The summed E-state index contributed by atoms with van der Waals surface area (Å²) < 4.78 is 10.5. The van der Waals surface area contributed by atoms with Gasteiger partial charge in [0.25, 0.3) is 0 Å². The number of rotatable bonds is 9. The first kappa shape index (κ1) is 24.8. The van der Waals surface area contributed by atoms with Crippen LogP contribution >= 0.6 is 0 Å². The fourth-order valence-corrected chi connectivity index (χ4v) is 3.03. The van der Waals surface area contributed by atoms with Crippen LogP contribution in [0.3, 0.4) is 0 Å². The van der Waals surface area contributed by atoms with E-state index >= 15 is 0 Å². The second kappa shape index (κ2) is 13.7. The number of ether oxygens (including phenoxy) is 2. The fraction of sp³-hybridized carbons (Fsp3) is 0.360. The van der Waals surface area contributed by atoms with Gasteiger partial charge >= 0.3 is 5.97 Å². The van der Waals surface area contributed by atoms with Crippen molar-refractivity contribution in [2.75, 3.05) is 7.11 Å². The Bertz CT molecular complexity index is 951. The molecule has 1 heterocycles. The van der Waals surface area contributed by atoms with Crippen LogP contribution in [0.1, 0.15) is 56.3 Å². The Kier molecular flexibility index (Phi) is 10.6. The first-order valence-corrected chi connectivity index (χ1v) is 10.9. The Morgan fingerprint density at radius 1 is 1.03 bits per heavy atom. The van der Waals surface area contributed by atoms with Crippen molar-refractivity contribution in [2.24, 2.45) is 0 Å². The lowest BCUT2D eigenvalue weighted by atomic mass is 10.1. The molecule has 0 saturated carbocycles. The lowest BCUT2D eigenvalue weighted by molar-refractivity contribution is 0.0264. The number of para-hydroxylation sites is 1. The summed E-state index contributed by atoms with van der Waals surface area (Å²) in [4.78, 5) is 11.9. The Hall–Kier alpha value is -3.48. The van der Waals surface area contributed by atoms with Crippen molar-refractivity contribution in [3.63, 3.8) is 0 Å². The quantitative estimate of drug-likeness (QED) is 0.351. The number of carbonyl (C=O) groups excluding carboxylic acids is 1. The third-order valence-corrected chi connectivity index (χ3v) is 4.85. The molecule has 0 radical (unpaired) electrons. The summed E-state index contributed by atoms with van der Waals surface area (Å²) in [5.74, 6) is 0.175. The van der Waals surface area contributed by atoms with Crippen molar-refractivity contribution in [3.05, 3.63) is 66.4 Å². The Balaban J connectivity index is 0.000000233. The van der Waals surface area contributed by atoms with E-state index in [1.54, 1.807) is 31.5 Å². The highest BCUT2D eigenvalue weighted by molar-refractivity contribution is 5.92. The Labute approximate surface area is 189 Å². The van der Waals surface area contributed by atoms with Crippen LogP contribution in [0.15, 0.2) is 60.8 Å². The highest BCUT2D eigenvalue weighted by atomic mass is 16.5. The molecule has 7 heteroatoms. The molecule has 0 aliphatic rings. The number of aromatic hydroxyl groups is 1. The van der Waals surface area contributed by atoms with Gasteiger partial charge in [-0.1, -0.05) is 69.2 Å². The molecule has 1 unspecified atom stereocenters. The third-order valence-electron chi connectivity index (χ3n) is 4.85. The number of methoxy groups -OCH3 is 1. The predicted octanol–water partition coefficient (Wildman–Crippen LogP) is 5.46. The molecule has 3 aromatic rings. The van der Waals surface area contributed by atoms with Crippen LogP contribution in [0.2, 0.25) is 0 Å². The van der Waals surface area contributed by atoms with Crippen LogP contribution in [-0.2, 0) is 4.74 Å². The first-order valence-electron chi connectivity index (χ1n) is 10.9. The summed E-state index contributed by atoms with van der Waals surface area (Å²) in [6.45, 7) is 4.16. The lowest BCUT2D eigenvalue weighted by Crippen LogP contribution is -2.17. The summed E-state index contributed by atoms with van der Waals surface area (Å²) in [7, 11) is 1.59. The molecule has 1 aromatic heterocycles. The van der Waals surface area contributed by atoms with Crippen molar-refractivity contribution < 1.29 is 19.4 Å². The van der Waals surface area contributed by atoms with E-state index in [4.69, 9.17) is 9.47 Å². The van der Waals surface area contributed by atoms with E-state index in [0.29, 0.717) is 11.4 Å². The number of phenols is 1. The maximum absolute atomic E-state index is 11.9. The molecule has 3 rings (SSSR count). The standard InChI is InChI=1S/C15H22O3.C10H9N3O/c1-3-5-6-9-12(4-2)18-15(17)13-10-7-8-11-14(13)16;1-14-9-7-11-13-12-10(9)8-5-3-2-4-6-8/h7-8,10-12,16H,3-6,9H2,1-2H3;2-7H,1H3. The summed E-state index contributed by atoms with van der Waals surface area (Å²) in [5.41, 5.74) is 1.92. The summed E-state index contributed by atoms with van der Waals surface area (Å²) in [5, 5.41) is 20.8. The highest BCUT2D eigenvalue weighted by Crippen LogP contribution is 2.25. The minimum atomic E-state index is -0.434. The molecule has 0 amide bonds. The van der Waals surface area contributed by atoms with Gasteiger partial charge in [0.05, 0.1) is 13.3 Å². The number of hydrogen-bond donors (Lipinski definition) is 1.